The maximum Gasteiger partial charge on any atom is 1.00 e. The van der Waals surface area contributed by atoms with Crippen LogP contribution in [0.2, 0.25) is 0 Å². The van der Waals surface area contributed by atoms with Gasteiger partial charge in [-0.05, 0) is 19.9 Å². The van der Waals surface area contributed by atoms with Crippen LogP contribution in [0, 0.1) is 0 Å². The largest absolute Gasteiger partial charge is 1.00 e. The topological polar surface area (TPSA) is 47.6 Å². The summed E-state index contributed by atoms with van der Waals surface area (Å²) in [5.74, 6) is 0. The van der Waals surface area contributed by atoms with Crippen molar-refractivity contribution in [2.75, 3.05) is 20.3 Å². The molecule has 0 aliphatic rings. The van der Waals surface area contributed by atoms with Crippen LogP contribution >= 0.6 is 7.75 Å². The minimum atomic E-state index is -3.01. The van der Waals surface area contributed by atoms with Gasteiger partial charge in [-0.3, -0.25) is 9.05 Å². The van der Waals surface area contributed by atoms with E-state index in [0.29, 0.717) is 13.2 Å². The molecule has 0 radical (unpaired) electrons. The molecule has 0 heterocycles. The summed E-state index contributed by atoms with van der Waals surface area (Å²) in [7, 11) is -1.41. The van der Waals surface area contributed by atoms with Gasteiger partial charge in [-0.2, -0.15) is 0 Å². The summed E-state index contributed by atoms with van der Waals surface area (Å²) in [4.78, 5) is 0. The van der Waals surface area contributed by atoms with Crippen molar-refractivity contribution in [1.29, 1.82) is 0 Å². The Balaban J connectivity index is -0.000000845. The first kappa shape index (κ1) is 18.5. The molecule has 0 amide bonds. The van der Waals surface area contributed by atoms with Gasteiger partial charge < -0.3 is 1.43 Å². The quantitative estimate of drug-likeness (QED) is 0.356. The van der Waals surface area contributed by atoms with Gasteiger partial charge in [0.15, 0.2) is 0 Å². The second-order valence-electron chi connectivity index (χ2n) is 3.09. The van der Waals surface area contributed by atoms with Crippen LogP contribution in [0.15, 0.2) is 0 Å². The second kappa shape index (κ2) is 11.6. The molecule has 0 aliphatic heterocycles. The van der Waals surface area contributed by atoms with Crippen molar-refractivity contribution in [3.8, 4) is 0 Å². The molecule has 0 aromatic rings. The minimum Gasteiger partial charge on any atom is -1.00 e. The van der Waals surface area contributed by atoms with Crippen LogP contribution in [0.5, 0.6) is 0 Å². The Bertz CT molecular complexity index is 172. The molecule has 1 N–H and O–H groups in total. The summed E-state index contributed by atoms with van der Waals surface area (Å²) in [6, 6.07) is 0. The van der Waals surface area contributed by atoms with E-state index < -0.39 is 7.75 Å². The Morgan fingerprint density at radius 2 is 1.53 bits per heavy atom. The van der Waals surface area contributed by atoms with Crippen molar-refractivity contribution in [3.05, 3.63) is 0 Å². The number of unbranched alkanes of at least 4 members (excludes halogenated alkanes) is 2. The fourth-order valence-corrected chi connectivity index (χ4v) is 1.90. The predicted molar refractivity (Wildman–Crippen MR) is 59.5 cm³/mol. The molecular weight excluding hydrogens is 224 g/mol. The third kappa shape index (κ3) is 10.0. The molecule has 0 saturated heterocycles. The smallest absolute Gasteiger partial charge is 1.00 e. The van der Waals surface area contributed by atoms with E-state index in [0.717, 1.165) is 25.7 Å². The molecule has 88 valence electrons. The Morgan fingerprint density at radius 3 is 1.80 bits per heavy atom. The Kier molecular flexibility index (Phi) is 14.3. The number of hydrogen-bond donors (Lipinski definition) is 1. The van der Waals surface area contributed by atoms with Gasteiger partial charge in [-0.25, -0.2) is 9.65 Å². The van der Waals surface area contributed by atoms with Crippen molar-refractivity contribution >= 4 is 7.75 Å². The molecule has 4 nitrogen and oxygen atoms in total. The molecular formula is C9H23NNaO3P. The monoisotopic (exact) mass is 247 g/mol. The van der Waals surface area contributed by atoms with Crippen molar-refractivity contribution in [2.24, 2.45) is 0 Å². The van der Waals surface area contributed by atoms with Crippen LogP contribution in [-0.2, 0) is 13.6 Å². The molecule has 0 fully saturated rings. The van der Waals surface area contributed by atoms with E-state index in [1.54, 1.807) is 7.05 Å². The summed E-state index contributed by atoms with van der Waals surface area (Å²) in [5.41, 5.74) is 0. The van der Waals surface area contributed by atoms with E-state index in [1.807, 2.05) is 0 Å². The van der Waals surface area contributed by atoms with E-state index in [1.165, 1.54) is 0 Å². The summed E-state index contributed by atoms with van der Waals surface area (Å²) >= 11 is 0. The van der Waals surface area contributed by atoms with E-state index in [2.05, 4.69) is 18.9 Å². The second-order valence-corrected chi connectivity index (χ2v) is 5.05. The molecule has 15 heavy (non-hydrogen) atoms. The van der Waals surface area contributed by atoms with Crippen LogP contribution in [-0.4, -0.2) is 20.3 Å². The minimum absolute atomic E-state index is 0. The van der Waals surface area contributed by atoms with Crippen LogP contribution in [0.25, 0.3) is 0 Å². The van der Waals surface area contributed by atoms with Gasteiger partial charge >= 0.3 is 37.3 Å². The van der Waals surface area contributed by atoms with Gasteiger partial charge in [0.05, 0.1) is 13.2 Å². The van der Waals surface area contributed by atoms with Gasteiger partial charge in [0, 0.05) is 0 Å². The van der Waals surface area contributed by atoms with Crippen molar-refractivity contribution < 1.29 is 44.6 Å². The fraction of sp³-hybridized carbons (Fsp3) is 1.00. The fourth-order valence-electron chi connectivity index (χ4n) is 0.825. The van der Waals surface area contributed by atoms with Crippen molar-refractivity contribution in [3.63, 3.8) is 0 Å². The molecule has 0 rings (SSSR count). The van der Waals surface area contributed by atoms with Crippen LogP contribution < -0.4 is 34.6 Å². The first-order valence-corrected chi connectivity index (χ1v) is 6.81. The van der Waals surface area contributed by atoms with E-state index in [9.17, 15) is 4.57 Å². The SMILES string of the molecule is CCCCOP(=O)(NC)OCCCC.[H-].[Na+]. The summed E-state index contributed by atoms with van der Waals surface area (Å²) in [6.07, 6.45) is 3.86. The van der Waals surface area contributed by atoms with E-state index >= 15 is 0 Å². The third-order valence-electron chi connectivity index (χ3n) is 1.79. The van der Waals surface area contributed by atoms with Gasteiger partial charge in [0.25, 0.3) is 0 Å². The zero-order valence-electron chi connectivity index (χ0n) is 11.4. The van der Waals surface area contributed by atoms with Crippen molar-refractivity contribution in [1.82, 2.24) is 5.09 Å². The molecule has 6 heteroatoms. The van der Waals surface area contributed by atoms with E-state index in [4.69, 9.17) is 9.05 Å². The van der Waals surface area contributed by atoms with Crippen LogP contribution in [0.1, 0.15) is 41.0 Å². The van der Waals surface area contributed by atoms with Gasteiger partial charge in [-0.1, -0.05) is 26.7 Å². The molecule has 0 spiro atoms. The summed E-state index contributed by atoms with van der Waals surface area (Å²) in [6.45, 7) is 5.10. The average molecular weight is 247 g/mol. The summed E-state index contributed by atoms with van der Waals surface area (Å²) in [5, 5.41) is 2.61. The van der Waals surface area contributed by atoms with Gasteiger partial charge in [-0.15, -0.1) is 0 Å². The maximum absolute atomic E-state index is 11.8. The number of nitrogens with one attached hydrogen (secondary N) is 1. The zero-order valence-corrected chi connectivity index (χ0v) is 13.3. The summed E-state index contributed by atoms with van der Waals surface area (Å²) < 4.78 is 22.2. The number of rotatable bonds is 9. The normalized spacial score (nSPS) is 11.1. The molecule has 0 bridgehead atoms. The molecule has 0 aromatic heterocycles. The Hall–Kier alpha value is 1.11. The molecule has 0 atom stereocenters. The van der Waals surface area contributed by atoms with Crippen LogP contribution in [0.3, 0.4) is 0 Å². The first-order valence-electron chi connectivity index (χ1n) is 5.26. The van der Waals surface area contributed by atoms with Gasteiger partial charge in [0.2, 0.25) is 0 Å². The Labute approximate surface area is 117 Å². The average Bonchev–Trinajstić information content (AvgIpc) is 2.19. The van der Waals surface area contributed by atoms with Crippen LogP contribution in [0.4, 0.5) is 0 Å². The molecule has 0 aliphatic carbocycles. The molecule has 0 unspecified atom stereocenters. The van der Waals surface area contributed by atoms with E-state index in [-0.39, 0.29) is 31.0 Å². The Morgan fingerprint density at radius 1 is 1.13 bits per heavy atom. The zero-order chi connectivity index (χ0) is 10.9. The van der Waals surface area contributed by atoms with Gasteiger partial charge in [0.1, 0.15) is 0 Å². The molecule has 0 saturated carbocycles. The third-order valence-corrected chi connectivity index (χ3v) is 3.38. The molecule has 0 aromatic carbocycles. The predicted octanol–water partition coefficient (Wildman–Crippen LogP) is 0.0638. The van der Waals surface area contributed by atoms with Crippen molar-refractivity contribution in [2.45, 2.75) is 39.5 Å². The maximum atomic E-state index is 11.8. The first-order chi connectivity index (χ1) is 6.68. The standard InChI is InChI=1S/C9H22NO3P.Na.H/c1-4-6-8-12-14(11,10-3)13-9-7-5-2;;/h4-9H2,1-3H3,(H,10,11);;/q;+1;-1. The number of hydrogen-bond acceptors (Lipinski definition) is 3.